The van der Waals surface area contributed by atoms with Gasteiger partial charge < -0.3 is 14.4 Å². The second-order valence-electron chi connectivity index (χ2n) is 4.05. The smallest absolute Gasteiger partial charge is 0.473 e. The maximum absolute atomic E-state index is 11.5. The van der Waals surface area contributed by atoms with Crippen molar-refractivity contribution >= 4 is 18.7 Å². The van der Waals surface area contributed by atoms with Gasteiger partial charge in [-0.15, -0.1) is 0 Å². The van der Waals surface area contributed by atoms with Gasteiger partial charge in [0, 0.05) is 0 Å². The molecule has 0 amide bonds. The Kier molecular flexibility index (Phi) is 4.20. The Balaban J connectivity index is 1.93. The number of para-hydroxylation sites is 1. The molecule has 2 rings (SSSR count). The van der Waals surface area contributed by atoms with Crippen LogP contribution in [0.3, 0.4) is 0 Å². The topological polar surface area (TPSA) is 55.8 Å². The van der Waals surface area contributed by atoms with Gasteiger partial charge in [0.05, 0.1) is 0 Å². The van der Waals surface area contributed by atoms with Gasteiger partial charge in [-0.25, -0.2) is 4.79 Å². The van der Waals surface area contributed by atoms with Crippen LogP contribution in [0.1, 0.15) is 5.56 Å². The molecule has 0 unspecified atom stereocenters. The summed E-state index contributed by atoms with van der Waals surface area (Å²) in [6, 6.07) is 15.6. The zero-order chi connectivity index (χ0) is 13.7. The molecule has 0 aliphatic heterocycles. The Hall–Kier alpha value is -2.27. The van der Waals surface area contributed by atoms with E-state index in [2.05, 4.69) is 0 Å². The van der Waals surface area contributed by atoms with Crippen molar-refractivity contribution in [1.82, 2.24) is 0 Å². The Morgan fingerprint density at radius 1 is 1.05 bits per heavy atom. The van der Waals surface area contributed by atoms with Crippen LogP contribution in [0, 0.1) is 6.92 Å². The lowest BCUT2D eigenvalue weighted by atomic mass is 9.79. The molecule has 0 spiro atoms. The third kappa shape index (κ3) is 3.86. The van der Waals surface area contributed by atoms with Crippen LogP contribution in [0.5, 0.6) is 5.75 Å². The van der Waals surface area contributed by atoms with Crippen molar-refractivity contribution in [3.05, 3.63) is 60.2 Å². The average molecular weight is 256 g/mol. The highest BCUT2D eigenvalue weighted by Gasteiger charge is 2.22. The molecule has 0 aromatic heterocycles. The first-order chi connectivity index (χ1) is 9.15. The molecule has 0 atom stereocenters. The van der Waals surface area contributed by atoms with E-state index < -0.39 is 13.3 Å². The second kappa shape index (κ2) is 6.06. The normalized spacial score (nSPS) is 9.79. The van der Waals surface area contributed by atoms with Gasteiger partial charge in [-0.3, -0.25) is 0 Å². The number of carbonyl (C=O) groups is 1. The molecule has 4 nitrogen and oxygen atoms in total. The van der Waals surface area contributed by atoms with E-state index in [9.17, 15) is 9.82 Å². The first kappa shape index (κ1) is 13.2. The third-order valence-corrected chi connectivity index (χ3v) is 2.51. The molecule has 0 bridgehead atoms. The Morgan fingerprint density at radius 2 is 1.68 bits per heavy atom. The molecule has 0 saturated heterocycles. The van der Waals surface area contributed by atoms with E-state index in [1.165, 1.54) is 0 Å². The van der Waals surface area contributed by atoms with Crippen molar-refractivity contribution in [1.29, 1.82) is 0 Å². The zero-order valence-corrected chi connectivity index (χ0v) is 10.4. The van der Waals surface area contributed by atoms with E-state index in [-0.39, 0.29) is 0 Å². The van der Waals surface area contributed by atoms with Gasteiger partial charge in [0.25, 0.3) is 0 Å². The molecule has 0 aliphatic rings. The number of hydrogen-bond donors (Lipinski definition) is 1. The van der Waals surface area contributed by atoms with Crippen LogP contribution in [-0.4, -0.2) is 18.3 Å². The van der Waals surface area contributed by atoms with E-state index in [0.717, 1.165) is 5.56 Å². The molecule has 0 radical (unpaired) electrons. The summed E-state index contributed by atoms with van der Waals surface area (Å²) in [7, 11) is -1.34. The molecule has 2 aromatic rings. The van der Waals surface area contributed by atoms with Gasteiger partial charge in [0.1, 0.15) is 5.75 Å². The van der Waals surface area contributed by atoms with Gasteiger partial charge >= 0.3 is 13.3 Å². The van der Waals surface area contributed by atoms with Gasteiger partial charge in [-0.2, -0.15) is 0 Å². The number of rotatable bonds is 3. The lowest BCUT2D eigenvalue weighted by Gasteiger charge is -2.09. The summed E-state index contributed by atoms with van der Waals surface area (Å²) in [6.45, 7) is 1.93. The number of benzene rings is 2. The van der Waals surface area contributed by atoms with Gasteiger partial charge in [0.2, 0.25) is 0 Å². The fourth-order valence-corrected chi connectivity index (χ4v) is 1.50. The molecule has 19 heavy (non-hydrogen) atoms. The zero-order valence-electron chi connectivity index (χ0n) is 10.4. The maximum atomic E-state index is 11.5. The predicted octanol–water partition coefficient (Wildman–Crippen LogP) is 1.90. The summed E-state index contributed by atoms with van der Waals surface area (Å²) in [6.07, 6.45) is -0.945. The minimum absolute atomic E-state index is 0.364. The quantitative estimate of drug-likeness (QED) is 0.517. The van der Waals surface area contributed by atoms with Crippen molar-refractivity contribution in [2.75, 3.05) is 0 Å². The molecule has 5 heteroatoms. The molecule has 0 aliphatic carbocycles. The first-order valence-corrected chi connectivity index (χ1v) is 5.83. The SMILES string of the molecule is Cc1ccc(B(O)OC(=O)Oc2ccccc2)cc1. The van der Waals surface area contributed by atoms with Gasteiger partial charge in [-0.1, -0.05) is 48.0 Å². The number of ether oxygens (including phenoxy) is 1. The van der Waals surface area contributed by atoms with E-state index in [1.807, 2.05) is 19.1 Å². The van der Waals surface area contributed by atoms with Crippen LogP contribution < -0.4 is 10.2 Å². The largest absolute Gasteiger partial charge is 0.564 e. The highest BCUT2D eigenvalue weighted by molar-refractivity contribution is 6.61. The third-order valence-electron chi connectivity index (χ3n) is 2.51. The van der Waals surface area contributed by atoms with Crippen LogP contribution in [-0.2, 0) is 4.65 Å². The Morgan fingerprint density at radius 3 is 2.32 bits per heavy atom. The van der Waals surface area contributed by atoms with Crippen molar-refractivity contribution in [2.24, 2.45) is 0 Å². The summed E-state index contributed by atoms with van der Waals surface area (Å²) < 4.78 is 9.68. The van der Waals surface area contributed by atoms with Gasteiger partial charge in [-0.05, 0) is 24.5 Å². The lowest BCUT2D eigenvalue weighted by Crippen LogP contribution is -2.36. The van der Waals surface area contributed by atoms with Crippen LogP contribution >= 0.6 is 0 Å². The Bertz CT molecular complexity index is 539. The van der Waals surface area contributed by atoms with E-state index in [0.29, 0.717) is 11.2 Å². The van der Waals surface area contributed by atoms with Crippen molar-refractivity contribution in [2.45, 2.75) is 6.92 Å². The van der Waals surface area contributed by atoms with Crippen molar-refractivity contribution in [3.8, 4) is 5.75 Å². The van der Waals surface area contributed by atoms with Crippen LogP contribution in [0.2, 0.25) is 0 Å². The molecule has 1 N–H and O–H groups in total. The lowest BCUT2D eigenvalue weighted by molar-refractivity contribution is 0.145. The van der Waals surface area contributed by atoms with Crippen LogP contribution in [0.25, 0.3) is 0 Å². The summed E-state index contributed by atoms with van der Waals surface area (Å²) in [4.78, 5) is 11.5. The standard InChI is InChI=1S/C14H13BO4/c1-11-7-9-12(10-8-11)15(17)19-14(16)18-13-5-3-2-4-6-13/h2-10,17H,1H3. The minimum Gasteiger partial charge on any atom is -0.473 e. The van der Waals surface area contributed by atoms with Crippen molar-refractivity contribution < 1.29 is 19.2 Å². The van der Waals surface area contributed by atoms with Crippen molar-refractivity contribution in [3.63, 3.8) is 0 Å². The molecular weight excluding hydrogens is 243 g/mol. The molecule has 2 aromatic carbocycles. The monoisotopic (exact) mass is 256 g/mol. The van der Waals surface area contributed by atoms with E-state index in [4.69, 9.17) is 9.39 Å². The molecule has 0 saturated carbocycles. The number of hydrogen-bond acceptors (Lipinski definition) is 4. The summed E-state index contributed by atoms with van der Waals surface area (Å²) in [5, 5.41) is 9.74. The molecule has 96 valence electrons. The Labute approximate surface area is 111 Å². The molecule has 0 fully saturated rings. The van der Waals surface area contributed by atoms with Crippen LogP contribution in [0.4, 0.5) is 4.79 Å². The predicted molar refractivity (Wildman–Crippen MR) is 72.3 cm³/mol. The van der Waals surface area contributed by atoms with E-state index >= 15 is 0 Å². The number of aryl methyl sites for hydroxylation is 1. The second-order valence-corrected chi connectivity index (χ2v) is 4.05. The van der Waals surface area contributed by atoms with E-state index in [1.54, 1.807) is 42.5 Å². The van der Waals surface area contributed by atoms with Gasteiger partial charge in [0.15, 0.2) is 0 Å². The van der Waals surface area contributed by atoms with Crippen LogP contribution in [0.15, 0.2) is 54.6 Å². The molecule has 0 heterocycles. The minimum atomic E-state index is -1.34. The summed E-state index contributed by atoms with van der Waals surface area (Å²) in [5.74, 6) is 0.364. The number of carbonyl (C=O) groups excluding carboxylic acids is 1. The summed E-state index contributed by atoms with van der Waals surface area (Å²) >= 11 is 0. The highest BCUT2D eigenvalue weighted by Crippen LogP contribution is 2.09. The molecular formula is C14H13BO4. The highest BCUT2D eigenvalue weighted by atomic mass is 16.7. The fourth-order valence-electron chi connectivity index (χ4n) is 1.50. The fraction of sp³-hybridized carbons (Fsp3) is 0.0714. The summed E-state index contributed by atoms with van der Waals surface area (Å²) in [5.41, 5.74) is 1.55. The average Bonchev–Trinajstić information content (AvgIpc) is 2.40. The first-order valence-electron chi connectivity index (χ1n) is 5.83. The maximum Gasteiger partial charge on any atom is 0.564 e.